The normalized spacial score (nSPS) is 15.1. The minimum absolute atomic E-state index is 0.0834. The fourth-order valence-corrected chi connectivity index (χ4v) is 4.40. The highest BCUT2D eigenvalue weighted by Crippen LogP contribution is 2.16. The number of aromatic nitrogens is 2. The zero-order chi connectivity index (χ0) is 19.1. The summed E-state index contributed by atoms with van der Waals surface area (Å²) in [5.74, 6) is 2.78. The van der Waals surface area contributed by atoms with Gasteiger partial charge in [-0.2, -0.15) is 11.8 Å². The summed E-state index contributed by atoms with van der Waals surface area (Å²) in [4.78, 5) is 25.6. The summed E-state index contributed by atoms with van der Waals surface area (Å²) in [6, 6.07) is 4.11. The summed E-state index contributed by atoms with van der Waals surface area (Å²) < 4.78 is 0. The number of thiazole rings is 1. The van der Waals surface area contributed by atoms with Crippen molar-refractivity contribution in [3.05, 3.63) is 40.0 Å². The summed E-state index contributed by atoms with van der Waals surface area (Å²) in [5, 5.41) is 6.16. The van der Waals surface area contributed by atoms with Crippen LogP contribution in [0.25, 0.3) is 0 Å². The number of nitrogens with zero attached hydrogens (tertiary/aromatic N) is 4. The first-order chi connectivity index (χ1) is 13.1. The van der Waals surface area contributed by atoms with Gasteiger partial charge in [0.15, 0.2) is 0 Å². The molecule has 0 atom stereocenters. The number of thioether (sulfide) groups is 1. The molecule has 2 aromatic rings. The molecular formula is C19H27N5OS2. The van der Waals surface area contributed by atoms with Crippen molar-refractivity contribution in [1.82, 2.24) is 20.2 Å². The van der Waals surface area contributed by atoms with Gasteiger partial charge < -0.3 is 15.1 Å². The summed E-state index contributed by atoms with van der Waals surface area (Å²) >= 11 is 3.42. The van der Waals surface area contributed by atoms with Gasteiger partial charge >= 0.3 is 0 Å². The van der Waals surface area contributed by atoms with Gasteiger partial charge in [0.05, 0.1) is 10.7 Å². The van der Waals surface area contributed by atoms with E-state index in [0.717, 1.165) is 59.8 Å². The highest BCUT2D eigenvalue weighted by Gasteiger charge is 2.15. The topological polar surface area (TPSA) is 61.4 Å². The van der Waals surface area contributed by atoms with Gasteiger partial charge in [-0.25, -0.2) is 9.97 Å². The zero-order valence-electron chi connectivity index (χ0n) is 16.0. The number of likely N-dealkylation sites (N-methyl/N-ethyl adjacent to an activating group) is 1. The Morgan fingerprint density at radius 2 is 2.11 bits per heavy atom. The number of pyridine rings is 1. The molecule has 3 heterocycles. The summed E-state index contributed by atoms with van der Waals surface area (Å²) in [6.45, 7) is 6.71. The molecule has 1 N–H and O–H groups in total. The highest BCUT2D eigenvalue weighted by molar-refractivity contribution is 7.98. The molecule has 0 radical (unpaired) electrons. The minimum Gasteiger partial charge on any atom is -0.354 e. The SMILES string of the molecule is Cc1nc(CSCCC(=O)NCc2ccc(N3CCN(C)CC3)nc2)cs1. The van der Waals surface area contributed by atoms with Gasteiger partial charge in [-0.05, 0) is 25.6 Å². The predicted octanol–water partition coefficient (Wildman–Crippen LogP) is 2.54. The van der Waals surface area contributed by atoms with E-state index in [0.29, 0.717) is 13.0 Å². The molecule has 1 fully saturated rings. The van der Waals surface area contributed by atoms with Crippen molar-refractivity contribution in [3.63, 3.8) is 0 Å². The number of anilines is 1. The number of piperazine rings is 1. The molecule has 0 bridgehead atoms. The van der Waals surface area contributed by atoms with E-state index >= 15 is 0 Å². The third-order valence-electron chi connectivity index (χ3n) is 4.52. The Morgan fingerprint density at radius 3 is 2.78 bits per heavy atom. The summed E-state index contributed by atoms with van der Waals surface area (Å²) in [6.07, 6.45) is 2.40. The molecule has 0 spiro atoms. The second-order valence-corrected chi connectivity index (χ2v) is 8.92. The van der Waals surface area contributed by atoms with Crippen LogP contribution >= 0.6 is 23.1 Å². The van der Waals surface area contributed by atoms with Crippen LogP contribution in [0.15, 0.2) is 23.7 Å². The van der Waals surface area contributed by atoms with E-state index in [1.165, 1.54) is 0 Å². The van der Waals surface area contributed by atoms with Crippen LogP contribution in [0.2, 0.25) is 0 Å². The van der Waals surface area contributed by atoms with Crippen LogP contribution in [0.4, 0.5) is 5.82 Å². The first-order valence-electron chi connectivity index (χ1n) is 9.24. The van der Waals surface area contributed by atoms with E-state index in [1.807, 2.05) is 13.1 Å². The maximum atomic E-state index is 12.0. The van der Waals surface area contributed by atoms with Crippen molar-refractivity contribution in [2.24, 2.45) is 0 Å². The molecule has 0 aromatic carbocycles. The molecule has 0 unspecified atom stereocenters. The first kappa shape index (κ1) is 20.1. The van der Waals surface area contributed by atoms with Crippen molar-refractivity contribution in [2.45, 2.75) is 25.6 Å². The smallest absolute Gasteiger partial charge is 0.221 e. The van der Waals surface area contributed by atoms with E-state index in [-0.39, 0.29) is 5.91 Å². The molecular weight excluding hydrogens is 378 g/mol. The van der Waals surface area contributed by atoms with E-state index in [4.69, 9.17) is 0 Å². The second-order valence-electron chi connectivity index (χ2n) is 6.75. The lowest BCUT2D eigenvalue weighted by Gasteiger charge is -2.33. The van der Waals surface area contributed by atoms with Gasteiger partial charge in [0.25, 0.3) is 0 Å². The Morgan fingerprint density at radius 1 is 1.30 bits per heavy atom. The first-order valence-corrected chi connectivity index (χ1v) is 11.3. The van der Waals surface area contributed by atoms with Gasteiger partial charge in [0, 0.05) is 62.2 Å². The molecule has 2 aromatic heterocycles. The van der Waals surface area contributed by atoms with Crippen LogP contribution < -0.4 is 10.2 Å². The number of rotatable bonds is 8. The summed E-state index contributed by atoms with van der Waals surface area (Å²) in [7, 11) is 2.15. The number of aryl methyl sites for hydroxylation is 1. The van der Waals surface area contributed by atoms with Crippen LogP contribution in [-0.2, 0) is 17.1 Å². The van der Waals surface area contributed by atoms with E-state index in [2.05, 4.69) is 49.6 Å². The van der Waals surface area contributed by atoms with Crippen molar-refractivity contribution < 1.29 is 4.79 Å². The third kappa shape index (κ3) is 6.48. The van der Waals surface area contributed by atoms with Crippen LogP contribution in [0.5, 0.6) is 0 Å². The molecule has 0 aliphatic carbocycles. The lowest BCUT2D eigenvalue weighted by atomic mass is 10.2. The summed E-state index contributed by atoms with van der Waals surface area (Å²) in [5.41, 5.74) is 2.14. The number of hydrogen-bond donors (Lipinski definition) is 1. The predicted molar refractivity (Wildman–Crippen MR) is 113 cm³/mol. The quantitative estimate of drug-likeness (QED) is 0.681. The van der Waals surface area contributed by atoms with E-state index in [9.17, 15) is 4.79 Å². The fraction of sp³-hybridized carbons (Fsp3) is 0.526. The average molecular weight is 406 g/mol. The van der Waals surface area contributed by atoms with Gasteiger partial charge in [0.1, 0.15) is 5.82 Å². The van der Waals surface area contributed by atoms with Crippen molar-refractivity contribution in [3.8, 4) is 0 Å². The van der Waals surface area contributed by atoms with Crippen molar-refractivity contribution in [2.75, 3.05) is 43.9 Å². The molecule has 8 heteroatoms. The molecule has 1 saturated heterocycles. The number of carbonyl (C=O) groups is 1. The number of amides is 1. The lowest BCUT2D eigenvalue weighted by molar-refractivity contribution is -0.120. The van der Waals surface area contributed by atoms with Crippen LogP contribution in [0.3, 0.4) is 0 Å². The Labute approximate surface area is 169 Å². The van der Waals surface area contributed by atoms with Crippen molar-refractivity contribution in [1.29, 1.82) is 0 Å². The third-order valence-corrected chi connectivity index (χ3v) is 6.33. The average Bonchev–Trinajstić information content (AvgIpc) is 3.10. The number of nitrogens with one attached hydrogen (secondary N) is 1. The van der Waals surface area contributed by atoms with Crippen LogP contribution in [0, 0.1) is 6.92 Å². The van der Waals surface area contributed by atoms with Gasteiger partial charge in [-0.15, -0.1) is 11.3 Å². The van der Waals surface area contributed by atoms with Gasteiger partial charge in [-0.1, -0.05) is 6.07 Å². The fourth-order valence-electron chi connectivity index (χ4n) is 2.85. The van der Waals surface area contributed by atoms with Gasteiger partial charge in [-0.3, -0.25) is 4.79 Å². The Kier molecular flexibility index (Phi) is 7.49. The molecule has 146 valence electrons. The lowest BCUT2D eigenvalue weighted by Crippen LogP contribution is -2.44. The molecule has 0 saturated carbocycles. The molecule has 6 nitrogen and oxygen atoms in total. The monoisotopic (exact) mass is 405 g/mol. The number of hydrogen-bond acceptors (Lipinski definition) is 7. The zero-order valence-corrected chi connectivity index (χ0v) is 17.6. The maximum absolute atomic E-state index is 12.0. The van der Waals surface area contributed by atoms with Gasteiger partial charge in [0.2, 0.25) is 5.91 Å². The van der Waals surface area contributed by atoms with E-state index < -0.39 is 0 Å². The Balaban J connectivity index is 1.33. The van der Waals surface area contributed by atoms with Crippen LogP contribution in [0.1, 0.15) is 22.7 Å². The second kappa shape index (κ2) is 10.1. The van der Waals surface area contributed by atoms with Crippen molar-refractivity contribution >= 4 is 34.8 Å². The molecule has 27 heavy (non-hydrogen) atoms. The largest absolute Gasteiger partial charge is 0.354 e. The molecule has 1 amide bonds. The standard InChI is InChI=1S/C19H27N5OS2/c1-15-22-17(14-27-15)13-26-10-5-19(25)21-12-16-3-4-18(20-11-16)24-8-6-23(2)7-9-24/h3-4,11,14H,5-10,12-13H2,1-2H3,(H,21,25). The highest BCUT2D eigenvalue weighted by atomic mass is 32.2. The number of carbonyl (C=O) groups excluding carboxylic acids is 1. The minimum atomic E-state index is 0.0834. The molecule has 3 rings (SSSR count). The molecule has 1 aliphatic heterocycles. The Hall–Kier alpha value is -1.64. The Bertz CT molecular complexity index is 726. The molecule has 1 aliphatic rings. The maximum Gasteiger partial charge on any atom is 0.221 e. The van der Waals surface area contributed by atoms with Crippen LogP contribution in [-0.4, -0.2) is 59.8 Å². The van der Waals surface area contributed by atoms with E-state index in [1.54, 1.807) is 23.1 Å².